The average molecular weight is 472 g/mol. The second-order valence-electron chi connectivity index (χ2n) is 7.83. The van der Waals surface area contributed by atoms with E-state index in [0.717, 1.165) is 0 Å². The van der Waals surface area contributed by atoms with Gasteiger partial charge in [-0.05, 0) is 44.2 Å². The molecule has 0 unspecified atom stereocenters. The fourth-order valence-electron chi connectivity index (χ4n) is 3.90. The predicted molar refractivity (Wildman–Crippen MR) is 120 cm³/mol. The number of nitrogens with one attached hydrogen (secondary N) is 1. The van der Waals surface area contributed by atoms with Crippen LogP contribution in [0.5, 0.6) is 0 Å². The van der Waals surface area contributed by atoms with Gasteiger partial charge in [-0.3, -0.25) is 14.3 Å². The molecule has 1 aliphatic rings. The summed E-state index contributed by atoms with van der Waals surface area (Å²) in [6, 6.07) is 9.78. The maximum Gasteiger partial charge on any atom is 0.291 e. The van der Waals surface area contributed by atoms with E-state index in [2.05, 4.69) is 10.4 Å². The van der Waals surface area contributed by atoms with Crippen molar-refractivity contribution in [3.05, 3.63) is 65.4 Å². The topological polar surface area (TPSA) is 118 Å². The highest BCUT2D eigenvalue weighted by molar-refractivity contribution is 7.89. The van der Waals surface area contributed by atoms with E-state index in [-0.39, 0.29) is 42.7 Å². The average Bonchev–Trinajstić information content (AvgIpc) is 3.42. The van der Waals surface area contributed by atoms with Crippen molar-refractivity contribution < 1.29 is 22.4 Å². The Hall–Kier alpha value is -3.44. The molecular weight excluding hydrogens is 446 g/mol. The van der Waals surface area contributed by atoms with Crippen LogP contribution < -0.4 is 5.32 Å². The number of benzene rings is 1. The molecule has 0 bridgehead atoms. The largest absolute Gasteiger partial charge is 0.459 e. The van der Waals surface area contributed by atoms with Gasteiger partial charge in [-0.15, -0.1) is 0 Å². The standard InChI is InChI=1S/C22H25N5O5S/c1-15-20(16(2)25(3)24-15)33(30,31)27-11-9-26(10-12-27)22(29)17-6-4-7-18(14-17)23-21(28)19-8-5-13-32-19/h4-8,13-14H,9-12H2,1-3H3,(H,23,28). The SMILES string of the molecule is Cc1nn(C)c(C)c1S(=O)(=O)N1CCN(C(=O)c2cccc(NC(=O)c3ccco3)c2)CC1. The van der Waals surface area contributed by atoms with Crippen LogP contribution in [-0.2, 0) is 17.1 Å². The minimum atomic E-state index is -3.70. The maximum atomic E-state index is 13.2. The number of furan rings is 1. The molecule has 0 spiro atoms. The fourth-order valence-corrected chi connectivity index (χ4v) is 5.72. The first kappa shape index (κ1) is 22.7. The lowest BCUT2D eigenvalue weighted by Crippen LogP contribution is -2.50. The van der Waals surface area contributed by atoms with Crippen molar-refractivity contribution in [1.82, 2.24) is 19.0 Å². The van der Waals surface area contributed by atoms with E-state index >= 15 is 0 Å². The quantitative estimate of drug-likeness (QED) is 0.608. The second-order valence-corrected chi connectivity index (χ2v) is 9.71. The number of hydrogen-bond donors (Lipinski definition) is 1. The number of hydrogen-bond acceptors (Lipinski definition) is 6. The number of aryl methyl sites for hydroxylation is 2. The highest BCUT2D eigenvalue weighted by Crippen LogP contribution is 2.24. The minimum absolute atomic E-state index is 0.170. The molecule has 1 fully saturated rings. The van der Waals surface area contributed by atoms with Crippen LogP contribution in [0.25, 0.3) is 0 Å². The first-order valence-corrected chi connectivity index (χ1v) is 11.9. The monoisotopic (exact) mass is 471 g/mol. The van der Waals surface area contributed by atoms with Gasteiger partial charge in [0.1, 0.15) is 4.90 Å². The lowest BCUT2D eigenvalue weighted by molar-refractivity contribution is 0.0697. The summed E-state index contributed by atoms with van der Waals surface area (Å²) >= 11 is 0. The summed E-state index contributed by atoms with van der Waals surface area (Å²) in [7, 11) is -1.99. The second kappa shape index (κ2) is 8.83. The van der Waals surface area contributed by atoms with E-state index in [0.29, 0.717) is 22.6 Å². The number of piperazine rings is 1. The summed E-state index contributed by atoms with van der Waals surface area (Å²) < 4.78 is 34.3. The van der Waals surface area contributed by atoms with Crippen LogP contribution in [-0.4, -0.2) is 65.4 Å². The number of sulfonamides is 1. The fraction of sp³-hybridized carbons (Fsp3) is 0.318. The van der Waals surface area contributed by atoms with Crippen LogP contribution in [0.15, 0.2) is 52.0 Å². The van der Waals surface area contributed by atoms with E-state index < -0.39 is 15.9 Å². The summed E-state index contributed by atoms with van der Waals surface area (Å²) in [5.41, 5.74) is 1.91. The molecule has 0 radical (unpaired) electrons. The van der Waals surface area contributed by atoms with Crippen LogP contribution in [0.1, 0.15) is 32.3 Å². The smallest absolute Gasteiger partial charge is 0.291 e. The molecule has 0 atom stereocenters. The van der Waals surface area contributed by atoms with Gasteiger partial charge in [0, 0.05) is 44.5 Å². The zero-order valence-electron chi connectivity index (χ0n) is 18.6. The van der Waals surface area contributed by atoms with Crippen molar-refractivity contribution >= 4 is 27.5 Å². The number of carbonyl (C=O) groups excluding carboxylic acids is 2. The third kappa shape index (κ3) is 4.41. The Kier molecular flexibility index (Phi) is 6.09. The number of aromatic nitrogens is 2. The van der Waals surface area contributed by atoms with Crippen LogP contribution in [0.2, 0.25) is 0 Å². The zero-order valence-corrected chi connectivity index (χ0v) is 19.4. The zero-order chi connectivity index (χ0) is 23.8. The Morgan fingerprint density at radius 1 is 1.06 bits per heavy atom. The lowest BCUT2D eigenvalue weighted by Gasteiger charge is -2.34. The van der Waals surface area contributed by atoms with Crippen molar-refractivity contribution in [2.24, 2.45) is 7.05 Å². The van der Waals surface area contributed by atoms with E-state index in [4.69, 9.17) is 4.42 Å². The highest BCUT2D eigenvalue weighted by Gasteiger charge is 2.34. The van der Waals surface area contributed by atoms with Crippen LogP contribution >= 0.6 is 0 Å². The highest BCUT2D eigenvalue weighted by atomic mass is 32.2. The number of amides is 2. The Morgan fingerprint density at radius 2 is 1.79 bits per heavy atom. The first-order chi connectivity index (χ1) is 15.7. The van der Waals surface area contributed by atoms with Crippen molar-refractivity contribution in [2.45, 2.75) is 18.7 Å². The molecule has 1 N–H and O–H groups in total. The van der Waals surface area contributed by atoms with Gasteiger partial charge >= 0.3 is 0 Å². The van der Waals surface area contributed by atoms with Crippen molar-refractivity contribution in [2.75, 3.05) is 31.5 Å². The third-order valence-corrected chi connectivity index (χ3v) is 7.83. The van der Waals surface area contributed by atoms with E-state index in [1.807, 2.05) is 0 Å². The molecule has 10 nitrogen and oxygen atoms in total. The Labute approximate surface area is 191 Å². The molecule has 4 rings (SSSR count). The van der Waals surface area contributed by atoms with Gasteiger partial charge in [0.2, 0.25) is 10.0 Å². The lowest BCUT2D eigenvalue weighted by atomic mass is 10.1. The van der Waals surface area contributed by atoms with Gasteiger partial charge in [-0.1, -0.05) is 6.07 Å². The first-order valence-electron chi connectivity index (χ1n) is 10.4. The van der Waals surface area contributed by atoms with Gasteiger partial charge in [0.05, 0.1) is 17.7 Å². The van der Waals surface area contributed by atoms with Crippen molar-refractivity contribution in [3.8, 4) is 0 Å². The molecule has 2 aromatic heterocycles. The van der Waals surface area contributed by atoms with Crippen molar-refractivity contribution in [1.29, 1.82) is 0 Å². The summed E-state index contributed by atoms with van der Waals surface area (Å²) in [6.45, 7) is 4.31. The van der Waals surface area contributed by atoms with Gasteiger partial charge in [0.15, 0.2) is 5.76 Å². The number of carbonyl (C=O) groups is 2. The van der Waals surface area contributed by atoms with Crippen molar-refractivity contribution in [3.63, 3.8) is 0 Å². The molecule has 0 saturated carbocycles. The molecule has 3 heterocycles. The Balaban J connectivity index is 1.43. The number of anilines is 1. The molecule has 1 aliphatic heterocycles. The van der Waals surface area contributed by atoms with E-state index in [1.54, 1.807) is 66.9 Å². The molecule has 33 heavy (non-hydrogen) atoms. The maximum absolute atomic E-state index is 13.2. The number of rotatable bonds is 5. The minimum Gasteiger partial charge on any atom is -0.459 e. The molecular formula is C22H25N5O5S. The molecule has 174 valence electrons. The van der Waals surface area contributed by atoms with Crippen LogP contribution in [0.3, 0.4) is 0 Å². The normalized spacial score (nSPS) is 14.9. The molecule has 3 aromatic rings. The third-order valence-electron chi connectivity index (χ3n) is 5.68. The van der Waals surface area contributed by atoms with Gasteiger partial charge in [0.25, 0.3) is 11.8 Å². The van der Waals surface area contributed by atoms with E-state index in [1.165, 1.54) is 10.6 Å². The Morgan fingerprint density at radius 3 is 2.39 bits per heavy atom. The van der Waals surface area contributed by atoms with Crippen LogP contribution in [0.4, 0.5) is 5.69 Å². The molecule has 1 aromatic carbocycles. The van der Waals surface area contributed by atoms with Gasteiger partial charge in [-0.2, -0.15) is 9.40 Å². The molecule has 11 heteroatoms. The van der Waals surface area contributed by atoms with Gasteiger partial charge in [-0.25, -0.2) is 8.42 Å². The Bertz CT molecular complexity index is 1290. The van der Waals surface area contributed by atoms with E-state index in [9.17, 15) is 18.0 Å². The molecule has 0 aliphatic carbocycles. The van der Waals surface area contributed by atoms with Crippen LogP contribution in [0, 0.1) is 13.8 Å². The molecule has 2 amide bonds. The number of nitrogens with zero attached hydrogens (tertiary/aromatic N) is 4. The summed E-state index contributed by atoms with van der Waals surface area (Å²) in [4.78, 5) is 27.0. The summed E-state index contributed by atoms with van der Waals surface area (Å²) in [5, 5.41) is 6.91. The van der Waals surface area contributed by atoms with Gasteiger partial charge < -0.3 is 14.6 Å². The molecule has 1 saturated heterocycles. The summed E-state index contributed by atoms with van der Waals surface area (Å²) in [6.07, 6.45) is 1.41. The predicted octanol–water partition coefficient (Wildman–Crippen LogP) is 2.03. The summed E-state index contributed by atoms with van der Waals surface area (Å²) in [5.74, 6) is -0.470.